The predicted octanol–water partition coefficient (Wildman–Crippen LogP) is 2.30. The zero-order chi connectivity index (χ0) is 24.7. The van der Waals surface area contributed by atoms with Crippen LogP contribution in [0, 0.1) is 10.1 Å². The lowest BCUT2D eigenvalue weighted by Crippen LogP contribution is -2.49. The minimum absolute atomic E-state index is 0.0667. The Morgan fingerprint density at radius 1 is 0.943 bits per heavy atom. The van der Waals surface area contributed by atoms with Crippen LogP contribution in [-0.4, -0.2) is 76.9 Å². The maximum absolute atomic E-state index is 13.0. The summed E-state index contributed by atoms with van der Waals surface area (Å²) >= 11 is 0. The predicted molar refractivity (Wildman–Crippen MR) is 128 cm³/mol. The number of carbonyl (C=O) groups excluding carboxylic acids is 3. The van der Waals surface area contributed by atoms with Crippen LogP contribution in [0.2, 0.25) is 0 Å². The Bertz CT molecular complexity index is 1370. The van der Waals surface area contributed by atoms with Crippen LogP contribution in [-0.2, 0) is 0 Å². The van der Waals surface area contributed by atoms with Crippen molar-refractivity contribution in [1.82, 2.24) is 9.80 Å². The summed E-state index contributed by atoms with van der Waals surface area (Å²) in [6.45, 7) is 0.856. The number of nitro benzene ring substituents is 1. The molecule has 2 aliphatic heterocycles. The smallest absolute Gasteiger partial charge is 0.293 e. The van der Waals surface area contributed by atoms with Crippen molar-refractivity contribution in [3.63, 3.8) is 0 Å². The molecule has 3 amide bonds. The van der Waals surface area contributed by atoms with Crippen molar-refractivity contribution in [2.24, 2.45) is 0 Å². The highest BCUT2D eigenvalue weighted by Crippen LogP contribution is 2.42. The van der Waals surface area contributed by atoms with Crippen molar-refractivity contribution in [1.29, 1.82) is 0 Å². The number of aliphatic hydroxyl groups is 1. The van der Waals surface area contributed by atoms with Crippen molar-refractivity contribution in [3.8, 4) is 0 Å². The van der Waals surface area contributed by atoms with Gasteiger partial charge < -0.3 is 14.9 Å². The Morgan fingerprint density at radius 3 is 2.29 bits per heavy atom. The molecule has 35 heavy (non-hydrogen) atoms. The van der Waals surface area contributed by atoms with E-state index >= 15 is 0 Å². The Kier molecular flexibility index (Phi) is 5.65. The molecule has 0 aliphatic carbocycles. The summed E-state index contributed by atoms with van der Waals surface area (Å²) in [6, 6.07) is 15.0. The molecule has 2 aliphatic rings. The number of hydrogen-bond acceptors (Lipinski definition) is 7. The number of rotatable bonds is 5. The van der Waals surface area contributed by atoms with E-state index in [0.29, 0.717) is 48.2 Å². The number of β-amino-alcohol motifs (C(OH)–C–C–N with tert-alkyl or cyclic N) is 1. The molecule has 0 unspecified atom stereocenters. The van der Waals surface area contributed by atoms with E-state index in [9.17, 15) is 29.6 Å². The molecule has 5 rings (SSSR count). The van der Waals surface area contributed by atoms with E-state index in [1.54, 1.807) is 47.4 Å². The van der Waals surface area contributed by atoms with Crippen molar-refractivity contribution in [2.45, 2.75) is 0 Å². The molecule has 0 aromatic heterocycles. The molecule has 1 N–H and O–H groups in total. The highest BCUT2D eigenvalue weighted by atomic mass is 16.6. The van der Waals surface area contributed by atoms with E-state index in [4.69, 9.17) is 0 Å². The van der Waals surface area contributed by atoms with E-state index in [0.717, 1.165) is 4.90 Å². The average Bonchev–Trinajstić information content (AvgIpc) is 2.89. The minimum Gasteiger partial charge on any atom is -0.395 e. The monoisotopic (exact) mass is 474 g/mol. The Balaban J connectivity index is 1.55. The molecule has 1 fully saturated rings. The Hall–Kier alpha value is -4.31. The lowest BCUT2D eigenvalue weighted by Gasteiger charge is -2.37. The first-order valence-electron chi connectivity index (χ1n) is 11.2. The topological polar surface area (TPSA) is 124 Å². The van der Waals surface area contributed by atoms with E-state index in [1.165, 1.54) is 6.07 Å². The number of anilines is 1. The van der Waals surface area contributed by atoms with Crippen LogP contribution in [0.15, 0.2) is 54.6 Å². The third kappa shape index (κ3) is 3.68. The molecule has 0 spiro atoms. The molecule has 178 valence electrons. The number of aliphatic hydroxyl groups excluding tert-OH is 1. The van der Waals surface area contributed by atoms with Crippen molar-refractivity contribution in [2.75, 3.05) is 44.2 Å². The van der Waals surface area contributed by atoms with Gasteiger partial charge in [0.2, 0.25) is 0 Å². The second-order valence-corrected chi connectivity index (χ2v) is 8.41. The number of benzene rings is 3. The van der Waals surface area contributed by atoms with E-state index in [-0.39, 0.29) is 29.3 Å². The first kappa shape index (κ1) is 22.5. The second-order valence-electron chi connectivity index (χ2n) is 8.41. The first-order chi connectivity index (χ1) is 16.9. The fourth-order valence-electron chi connectivity index (χ4n) is 4.86. The Labute approximate surface area is 200 Å². The van der Waals surface area contributed by atoms with Crippen LogP contribution in [0.5, 0.6) is 0 Å². The number of imide groups is 1. The SMILES string of the molecule is O=C(c1ccccc1)N1CCN(c2c([N+](=O)[O-])cc3c4c(cccc24)C(=O)N(CCO)C3=O)CC1. The van der Waals surface area contributed by atoms with Crippen LogP contribution in [0.4, 0.5) is 11.4 Å². The largest absolute Gasteiger partial charge is 0.395 e. The summed E-state index contributed by atoms with van der Waals surface area (Å²) in [5.74, 6) is -1.31. The third-order valence-electron chi connectivity index (χ3n) is 6.49. The normalized spacial score (nSPS) is 15.6. The van der Waals surface area contributed by atoms with Crippen molar-refractivity contribution >= 4 is 39.9 Å². The molecule has 3 aromatic rings. The first-order valence-corrected chi connectivity index (χ1v) is 11.2. The molecule has 10 nitrogen and oxygen atoms in total. The molecular weight excluding hydrogens is 452 g/mol. The molecule has 0 atom stereocenters. The molecule has 3 aromatic carbocycles. The highest BCUT2D eigenvalue weighted by Gasteiger charge is 2.37. The molecule has 0 radical (unpaired) electrons. The summed E-state index contributed by atoms with van der Waals surface area (Å²) in [7, 11) is 0. The second kappa shape index (κ2) is 8.80. The summed E-state index contributed by atoms with van der Waals surface area (Å²) in [5, 5.41) is 22.2. The van der Waals surface area contributed by atoms with Gasteiger partial charge >= 0.3 is 0 Å². The summed E-state index contributed by atoms with van der Waals surface area (Å²) in [5.41, 5.74) is 1.01. The van der Waals surface area contributed by atoms with Gasteiger partial charge in [0.1, 0.15) is 5.69 Å². The molecule has 0 bridgehead atoms. The van der Waals surface area contributed by atoms with Gasteiger partial charge in [0.25, 0.3) is 23.4 Å². The van der Waals surface area contributed by atoms with E-state index < -0.39 is 23.3 Å². The van der Waals surface area contributed by atoms with Crippen molar-refractivity contribution in [3.05, 3.63) is 81.4 Å². The molecule has 10 heteroatoms. The van der Waals surface area contributed by atoms with Gasteiger partial charge in [-0.05, 0) is 18.2 Å². The van der Waals surface area contributed by atoms with Crippen LogP contribution in [0.3, 0.4) is 0 Å². The number of amides is 3. The fraction of sp³-hybridized carbons (Fsp3) is 0.240. The standard InChI is InChI=1S/C25H22N4O6/c30-14-13-28-24(32)18-8-4-7-17-21(18)19(25(28)33)15-20(29(34)35)22(17)26-9-11-27(12-10-26)23(31)16-5-2-1-3-6-16/h1-8,15,30H,9-14H2. The maximum Gasteiger partial charge on any atom is 0.293 e. The lowest BCUT2D eigenvalue weighted by atomic mass is 9.91. The van der Waals surface area contributed by atoms with Gasteiger partial charge in [-0.15, -0.1) is 0 Å². The Morgan fingerprint density at radius 2 is 1.63 bits per heavy atom. The number of nitrogens with zero attached hydrogens (tertiary/aromatic N) is 4. The zero-order valence-corrected chi connectivity index (χ0v) is 18.7. The molecular formula is C25H22N4O6. The van der Waals surface area contributed by atoms with Crippen LogP contribution >= 0.6 is 0 Å². The van der Waals surface area contributed by atoms with Gasteiger partial charge in [0, 0.05) is 54.1 Å². The van der Waals surface area contributed by atoms with Crippen LogP contribution in [0.1, 0.15) is 31.1 Å². The summed E-state index contributed by atoms with van der Waals surface area (Å²) < 4.78 is 0. The van der Waals surface area contributed by atoms with Gasteiger partial charge in [0.15, 0.2) is 0 Å². The van der Waals surface area contributed by atoms with Gasteiger partial charge in [-0.1, -0.05) is 30.3 Å². The van der Waals surface area contributed by atoms with Gasteiger partial charge in [0.05, 0.1) is 23.6 Å². The number of carbonyl (C=O) groups is 3. The van der Waals surface area contributed by atoms with Crippen LogP contribution in [0.25, 0.3) is 10.8 Å². The van der Waals surface area contributed by atoms with E-state index in [1.807, 2.05) is 11.0 Å². The number of nitro groups is 1. The van der Waals surface area contributed by atoms with Gasteiger partial charge in [-0.25, -0.2) is 0 Å². The molecule has 0 saturated carbocycles. The van der Waals surface area contributed by atoms with Gasteiger partial charge in [-0.2, -0.15) is 0 Å². The average molecular weight is 474 g/mol. The van der Waals surface area contributed by atoms with Crippen molar-refractivity contribution < 1.29 is 24.4 Å². The zero-order valence-electron chi connectivity index (χ0n) is 18.7. The highest BCUT2D eigenvalue weighted by molar-refractivity contribution is 6.27. The van der Waals surface area contributed by atoms with Crippen LogP contribution < -0.4 is 4.90 Å². The number of hydrogen-bond donors (Lipinski definition) is 1. The molecule has 2 heterocycles. The fourth-order valence-corrected chi connectivity index (χ4v) is 4.86. The minimum atomic E-state index is -0.666. The van der Waals surface area contributed by atoms with Gasteiger partial charge in [-0.3, -0.25) is 29.4 Å². The summed E-state index contributed by atoms with van der Waals surface area (Å²) in [4.78, 5) is 54.9. The van der Waals surface area contributed by atoms with E-state index in [2.05, 4.69) is 0 Å². The summed E-state index contributed by atoms with van der Waals surface area (Å²) in [6.07, 6.45) is 0. The third-order valence-corrected chi connectivity index (χ3v) is 6.49. The molecule has 1 saturated heterocycles. The quantitative estimate of drug-likeness (QED) is 0.342. The number of piperazine rings is 1. The lowest BCUT2D eigenvalue weighted by molar-refractivity contribution is -0.384. The maximum atomic E-state index is 13.0.